The van der Waals surface area contributed by atoms with Gasteiger partial charge in [0.2, 0.25) is 0 Å². The first-order chi connectivity index (χ1) is 8.93. The average Bonchev–Trinajstić information content (AvgIpc) is 2.46. The topological polar surface area (TPSA) is 3.24 Å². The molecule has 0 fully saturated rings. The number of hydrogen-bond donors (Lipinski definition) is 0. The molecule has 0 amide bonds. The Morgan fingerprint density at radius 3 is 2.83 bits per heavy atom. The lowest BCUT2D eigenvalue weighted by atomic mass is 9.57. The van der Waals surface area contributed by atoms with Crippen molar-refractivity contribution < 1.29 is 0 Å². The van der Waals surface area contributed by atoms with Gasteiger partial charge in [-0.2, -0.15) is 0 Å². The third-order valence-corrected chi connectivity index (χ3v) is 3.65. The Bertz CT molecular complexity index is 712. The van der Waals surface area contributed by atoms with Crippen LogP contribution in [0.15, 0.2) is 66.7 Å². The molecule has 0 aliphatic carbocycles. The van der Waals surface area contributed by atoms with Gasteiger partial charge in [0.15, 0.2) is 0 Å². The highest BCUT2D eigenvalue weighted by molar-refractivity contribution is 6.75. The first-order valence-corrected chi connectivity index (χ1v) is 6.27. The molecule has 1 nitrogen and oxygen atoms in total. The van der Waals surface area contributed by atoms with E-state index in [9.17, 15) is 0 Å². The van der Waals surface area contributed by atoms with Crippen LogP contribution < -0.4 is 4.81 Å². The van der Waals surface area contributed by atoms with Gasteiger partial charge in [0, 0.05) is 11.1 Å². The molecule has 0 unspecified atom stereocenters. The molecule has 0 radical (unpaired) electrons. The van der Waals surface area contributed by atoms with Crippen LogP contribution in [0.5, 0.6) is 0 Å². The molecule has 18 heavy (non-hydrogen) atoms. The summed E-state index contributed by atoms with van der Waals surface area (Å²) in [6.07, 6.45) is 8.61. The Morgan fingerprint density at radius 1 is 0.889 bits per heavy atom. The Kier molecular flexibility index (Phi) is 1.98. The summed E-state index contributed by atoms with van der Waals surface area (Å²) in [6.45, 7) is 0.355. The van der Waals surface area contributed by atoms with E-state index in [2.05, 4.69) is 77.6 Å². The van der Waals surface area contributed by atoms with Crippen molar-refractivity contribution in [1.82, 2.24) is 0 Å². The molecule has 0 atom stereocenters. The number of nitrogens with zero attached hydrogens (tertiary/aromatic N) is 1. The quantitative estimate of drug-likeness (QED) is 0.620. The Morgan fingerprint density at radius 2 is 1.83 bits per heavy atom. The lowest BCUT2D eigenvalue weighted by Gasteiger charge is -2.32. The van der Waals surface area contributed by atoms with Gasteiger partial charge in [0.05, 0.1) is 0 Å². The van der Waals surface area contributed by atoms with Crippen molar-refractivity contribution in [3.8, 4) is 0 Å². The minimum Gasteiger partial charge on any atom is -0.383 e. The van der Waals surface area contributed by atoms with Crippen molar-refractivity contribution in [3.05, 3.63) is 72.3 Å². The molecule has 2 aliphatic rings. The second-order valence-electron chi connectivity index (χ2n) is 4.71. The van der Waals surface area contributed by atoms with Gasteiger partial charge in [0.1, 0.15) is 0 Å². The Balaban J connectivity index is 2.06. The van der Waals surface area contributed by atoms with Gasteiger partial charge >= 0.3 is 6.85 Å². The molecule has 2 aliphatic heterocycles. The van der Waals surface area contributed by atoms with Gasteiger partial charge in [-0.05, 0) is 23.2 Å². The third-order valence-electron chi connectivity index (χ3n) is 3.65. The zero-order chi connectivity index (χ0) is 11.9. The number of anilines is 1. The smallest absolute Gasteiger partial charge is 0.312 e. The zero-order valence-electron chi connectivity index (χ0n) is 9.95. The van der Waals surface area contributed by atoms with Crippen molar-refractivity contribution in [3.63, 3.8) is 0 Å². The molecule has 2 heterocycles. The minimum absolute atomic E-state index is 0.355. The first-order valence-electron chi connectivity index (χ1n) is 6.27. The van der Waals surface area contributed by atoms with Crippen molar-refractivity contribution in [1.29, 1.82) is 0 Å². The van der Waals surface area contributed by atoms with E-state index < -0.39 is 0 Å². The summed E-state index contributed by atoms with van der Waals surface area (Å²) in [5.74, 6) is 4.47. The molecule has 0 N–H and O–H groups in total. The van der Waals surface area contributed by atoms with Gasteiger partial charge in [-0.3, -0.25) is 0 Å². The van der Waals surface area contributed by atoms with Crippen LogP contribution in [0.25, 0.3) is 16.8 Å². The van der Waals surface area contributed by atoms with Crippen LogP contribution in [0.2, 0.25) is 0 Å². The number of hydrogen-bond acceptors (Lipinski definition) is 1. The summed E-state index contributed by atoms with van der Waals surface area (Å²) in [4.78, 5) is 2.34. The van der Waals surface area contributed by atoms with Crippen molar-refractivity contribution in [2.75, 3.05) is 4.81 Å². The number of fused-ring (bicyclic) bond motifs is 5. The van der Waals surface area contributed by atoms with Crippen LogP contribution in [-0.4, -0.2) is 6.85 Å². The van der Waals surface area contributed by atoms with Crippen molar-refractivity contribution in [2.45, 2.75) is 0 Å². The molecule has 2 aromatic rings. The highest BCUT2D eigenvalue weighted by Crippen LogP contribution is 2.36. The second-order valence-corrected chi connectivity index (χ2v) is 4.71. The summed E-state index contributed by atoms with van der Waals surface area (Å²) < 4.78 is 0. The normalized spacial score (nSPS) is 16.0. The van der Waals surface area contributed by atoms with E-state index >= 15 is 0 Å². The predicted molar refractivity (Wildman–Crippen MR) is 79.5 cm³/mol. The minimum atomic E-state index is 0.355. The largest absolute Gasteiger partial charge is 0.383 e. The van der Waals surface area contributed by atoms with Crippen LogP contribution in [0, 0.1) is 0 Å². The summed E-state index contributed by atoms with van der Waals surface area (Å²) in [7, 11) is 0. The fourth-order valence-electron chi connectivity index (χ4n) is 2.79. The maximum atomic E-state index is 2.34. The predicted octanol–water partition coefficient (Wildman–Crippen LogP) is 3.83. The van der Waals surface area contributed by atoms with Crippen LogP contribution in [-0.2, 0) is 0 Å². The molecule has 84 valence electrons. The third kappa shape index (κ3) is 1.29. The Hall–Kier alpha value is -2.22. The first kappa shape index (κ1) is 9.78. The van der Waals surface area contributed by atoms with Crippen molar-refractivity contribution >= 4 is 29.4 Å². The molecule has 0 saturated heterocycles. The molecule has 0 aromatic heterocycles. The molecule has 2 aromatic carbocycles. The van der Waals surface area contributed by atoms with E-state index in [0.717, 1.165) is 0 Å². The average molecular weight is 229 g/mol. The van der Waals surface area contributed by atoms with Gasteiger partial charge in [0.25, 0.3) is 0 Å². The van der Waals surface area contributed by atoms with Gasteiger partial charge in [-0.1, -0.05) is 60.5 Å². The van der Waals surface area contributed by atoms with E-state index in [0.29, 0.717) is 6.85 Å². The zero-order valence-corrected chi connectivity index (χ0v) is 9.95. The van der Waals surface area contributed by atoms with Crippen molar-refractivity contribution in [2.24, 2.45) is 0 Å². The second kappa shape index (κ2) is 3.64. The molecule has 2 heteroatoms. The Labute approximate surface area is 107 Å². The molecular formula is C16H12BN. The number of rotatable bonds is 0. The maximum Gasteiger partial charge on any atom is 0.312 e. The van der Waals surface area contributed by atoms with Crippen LogP contribution in [0.4, 0.5) is 5.69 Å². The highest BCUT2D eigenvalue weighted by atomic mass is 15.1. The van der Waals surface area contributed by atoms with E-state index in [1.54, 1.807) is 0 Å². The van der Waals surface area contributed by atoms with Gasteiger partial charge in [-0.15, -0.1) is 0 Å². The lowest BCUT2D eigenvalue weighted by Crippen LogP contribution is -2.36. The van der Waals surface area contributed by atoms with E-state index in [4.69, 9.17) is 0 Å². The molecule has 0 saturated carbocycles. The molecular weight excluding hydrogens is 217 g/mol. The van der Waals surface area contributed by atoms with E-state index in [-0.39, 0.29) is 0 Å². The van der Waals surface area contributed by atoms with E-state index in [1.807, 2.05) is 0 Å². The summed E-state index contributed by atoms with van der Waals surface area (Å²) >= 11 is 0. The van der Waals surface area contributed by atoms with Gasteiger partial charge in [-0.25, -0.2) is 0 Å². The van der Waals surface area contributed by atoms with Crippen LogP contribution in [0.1, 0.15) is 5.56 Å². The van der Waals surface area contributed by atoms with Gasteiger partial charge < -0.3 is 4.81 Å². The van der Waals surface area contributed by atoms with E-state index in [1.165, 1.54) is 22.0 Å². The summed E-state index contributed by atoms with van der Waals surface area (Å²) in [6, 6.07) is 13.0. The number of benzene rings is 2. The SMILES string of the molecule is C1=CB2C=Cc3ccc4ccccc4c3N2C=C1. The fraction of sp³-hybridized carbons (Fsp3) is 0. The maximum absolute atomic E-state index is 2.34. The fourth-order valence-corrected chi connectivity index (χ4v) is 2.79. The molecule has 0 spiro atoms. The molecule has 0 bridgehead atoms. The lowest BCUT2D eigenvalue weighted by molar-refractivity contribution is 1.38. The number of allylic oxidation sites excluding steroid dienone is 2. The highest BCUT2D eigenvalue weighted by Gasteiger charge is 2.25. The van der Waals surface area contributed by atoms with Crippen LogP contribution >= 0.6 is 0 Å². The summed E-state index contributed by atoms with van der Waals surface area (Å²) in [5, 5.41) is 2.62. The standard InChI is InChI=1S/C16H12BN/c1-2-6-15-13(5-1)7-8-14-9-11-17-10-3-4-12-18(17)16(14)15/h1-12H. The molecule has 4 rings (SSSR count). The summed E-state index contributed by atoms with van der Waals surface area (Å²) in [5.41, 5.74) is 2.62. The monoisotopic (exact) mass is 229 g/mol. The van der Waals surface area contributed by atoms with Crippen LogP contribution in [0.3, 0.4) is 0 Å².